The Balaban J connectivity index is 1.65. The lowest BCUT2D eigenvalue weighted by Crippen LogP contribution is -2.27. The van der Waals surface area contributed by atoms with E-state index in [9.17, 15) is 4.79 Å². The van der Waals surface area contributed by atoms with Crippen LogP contribution in [-0.2, 0) is 11.4 Å². The van der Waals surface area contributed by atoms with Crippen molar-refractivity contribution in [1.29, 1.82) is 0 Å². The third-order valence-corrected chi connectivity index (χ3v) is 4.99. The molecule has 5 heteroatoms. The van der Waals surface area contributed by atoms with Crippen molar-refractivity contribution in [3.63, 3.8) is 0 Å². The van der Waals surface area contributed by atoms with Gasteiger partial charge in [-0.05, 0) is 29.3 Å². The van der Waals surface area contributed by atoms with E-state index < -0.39 is 0 Å². The molecule has 2 aromatic rings. The summed E-state index contributed by atoms with van der Waals surface area (Å²) in [4.78, 5) is 14.5. The highest BCUT2D eigenvalue weighted by Crippen LogP contribution is 2.32. The summed E-state index contributed by atoms with van der Waals surface area (Å²) in [6.45, 7) is 4.62. The van der Waals surface area contributed by atoms with Crippen molar-refractivity contribution in [3.8, 4) is 5.75 Å². The largest absolute Gasteiger partial charge is 0.489 e. The van der Waals surface area contributed by atoms with E-state index in [2.05, 4.69) is 6.58 Å². The van der Waals surface area contributed by atoms with Crippen molar-refractivity contribution in [3.05, 3.63) is 83.3 Å². The predicted molar refractivity (Wildman–Crippen MR) is 107 cm³/mol. The normalized spacial score (nSPS) is 15.7. The highest BCUT2D eigenvalue weighted by molar-refractivity contribution is 8.26. The van der Waals surface area contributed by atoms with Gasteiger partial charge in [0.2, 0.25) is 0 Å². The van der Waals surface area contributed by atoms with E-state index in [-0.39, 0.29) is 5.91 Å². The molecule has 0 spiro atoms. The molecule has 3 rings (SSSR count). The molecular weight excluding hydrogens is 350 g/mol. The molecule has 0 unspecified atom stereocenters. The number of carbonyl (C=O) groups is 1. The smallest absolute Gasteiger partial charge is 0.266 e. The maximum atomic E-state index is 12.3. The van der Waals surface area contributed by atoms with Crippen molar-refractivity contribution >= 4 is 40.3 Å². The van der Waals surface area contributed by atoms with Gasteiger partial charge in [0.25, 0.3) is 5.91 Å². The number of carbonyl (C=O) groups excluding carboxylic acids is 1. The van der Waals surface area contributed by atoms with Gasteiger partial charge in [-0.2, -0.15) is 0 Å². The Morgan fingerprint density at radius 1 is 1.12 bits per heavy atom. The van der Waals surface area contributed by atoms with Crippen LogP contribution < -0.4 is 4.74 Å². The van der Waals surface area contributed by atoms with Crippen molar-refractivity contribution in [1.82, 2.24) is 4.90 Å². The number of thiocarbonyl (C=S) groups is 1. The SMILES string of the molecule is C=CCN1C(=O)/C(=C\c2ccc(OCc3ccccc3)cc2)SC1=S. The molecule has 25 heavy (non-hydrogen) atoms. The summed E-state index contributed by atoms with van der Waals surface area (Å²) in [7, 11) is 0. The second-order valence-electron chi connectivity index (χ2n) is 5.42. The van der Waals surface area contributed by atoms with Gasteiger partial charge in [-0.25, -0.2) is 0 Å². The Kier molecular flexibility index (Phi) is 5.68. The van der Waals surface area contributed by atoms with Crippen LogP contribution in [-0.4, -0.2) is 21.7 Å². The predicted octanol–water partition coefficient (Wildman–Crippen LogP) is 4.65. The lowest BCUT2D eigenvalue weighted by Gasteiger charge is -2.10. The van der Waals surface area contributed by atoms with Gasteiger partial charge in [-0.1, -0.05) is 72.5 Å². The highest BCUT2D eigenvalue weighted by Gasteiger charge is 2.30. The van der Waals surface area contributed by atoms with E-state index in [1.807, 2.05) is 60.7 Å². The minimum atomic E-state index is -0.0701. The molecule has 0 bridgehead atoms. The third-order valence-electron chi connectivity index (χ3n) is 3.61. The zero-order valence-electron chi connectivity index (χ0n) is 13.6. The third kappa shape index (κ3) is 4.38. The van der Waals surface area contributed by atoms with Gasteiger partial charge in [0.15, 0.2) is 0 Å². The molecule has 0 aliphatic carbocycles. The Labute approximate surface area is 157 Å². The fourth-order valence-corrected chi connectivity index (χ4v) is 3.61. The monoisotopic (exact) mass is 367 g/mol. The lowest BCUT2D eigenvalue weighted by molar-refractivity contribution is -0.121. The zero-order chi connectivity index (χ0) is 17.6. The number of thioether (sulfide) groups is 1. The number of ether oxygens (including phenoxy) is 1. The molecule has 1 heterocycles. The van der Waals surface area contributed by atoms with E-state index in [4.69, 9.17) is 17.0 Å². The van der Waals surface area contributed by atoms with Crippen molar-refractivity contribution in [2.75, 3.05) is 6.54 Å². The van der Waals surface area contributed by atoms with E-state index in [0.717, 1.165) is 16.9 Å². The quantitative estimate of drug-likeness (QED) is 0.422. The van der Waals surface area contributed by atoms with Crippen LogP contribution in [0, 0.1) is 0 Å². The zero-order valence-corrected chi connectivity index (χ0v) is 15.2. The van der Waals surface area contributed by atoms with E-state index in [1.165, 1.54) is 11.8 Å². The van der Waals surface area contributed by atoms with E-state index in [1.54, 1.807) is 11.0 Å². The van der Waals surface area contributed by atoms with E-state index >= 15 is 0 Å². The van der Waals surface area contributed by atoms with Crippen LogP contribution in [0.4, 0.5) is 0 Å². The van der Waals surface area contributed by atoms with Crippen LogP contribution in [0.3, 0.4) is 0 Å². The molecule has 0 radical (unpaired) electrons. The number of rotatable bonds is 6. The molecule has 0 aromatic heterocycles. The molecule has 0 N–H and O–H groups in total. The first-order valence-corrected chi connectivity index (χ1v) is 9.03. The number of hydrogen-bond donors (Lipinski definition) is 0. The van der Waals surface area contributed by atoms with Gasteiger partial charge in [0.05, 0.1) is 4.91 Å². The molecule has 3 nitrogen and oxygen atoms in total. The molecule has 0 atom stereocenters. The summed E-state index contributed by atoms with van der Waals surface area (Å²) in [6.07, 6.45) is 3.52. The summed E-state index contributed by atoms with van der Waals surface area (Å²) in [5.41, 5.74) is 2.06. The Bertz CT molecular complexity index is 813. The summed E-state index contributed by atoms with van der Waals surface area (Å²) in [5.74, 6) is 0.722. The highest BCUT2D eigenvalue weighted by atomic mass is 32.2. The molecule has 1 saturated heterocycles. The molecule has 2 aromatic carbocycles. The minimum Gasteiger partial charge on any atom is -0.489 e. The van der Waals surface area contributed by atoms with Crippen LogP contribution in [0.1, 0.15) is 11.1 Å². The van der Waals surface area contributed by atoms with Crippen LogP contribution in [0.2, 0.25) is 0 Å². The Morgan fingerprint density at radius 2 is 1.84 bits per heavy atom. The van der Waals surface area contributed by atoms with Gasteiger partial charge in [-0.15, -0.1) is 6.58 Å². The van der Waals surface area contributed by atoms with Gasteiger partial charge in [0.1, 0.15) is 16.7 Å². The molecule has 126 valence electrons. The number of nitrogens with zero attached hydrogens (tertiary/aromatic N) is 1. The number of hydrogen-bond acceptors (Lipinski definition) is 4. The van der Waals surface area contributed by atoms with Gasteiger partial charge >= 0.3 is 0 Å². The van der Waals surface area contributed by atoms with Crippen molar-refractivity contribution in [2.24, 2.45) is 0 Å². The van der Waals surface area contributed by atoms with Crippen LogP contribution in [0.25, 0.3) is 6.08 Å². The summed E-state index contributed by atoms with van der Waals surface area (Å²) < 4.78 is 6.34. The first-order valence-electron chi connectivity index (χ1n) is 7.80. The Hall–Kier alpha value is -2.37. The van der Waals surface area contributed by atoms with Gasteiger partial charge in [-0.3, -0.25) is 9.69 Å². The second kappa shape index (κ2) is 8.14. The topological polar surface area (TPSA) is 29.5 Å². The lowest BCUT2D eigenvalue weighted by atomic mass is 10.2. The molecule has 0 saturated carbocycles. The average Bonchev–Trinajstić information content (AvgIpc) is 2.90. The minimum absolute atomic E-state index is 0.0701. The van der Waals surface area contributed by atoms with Crippen molar-refractivity contribution in [2.45, 2.75) is 6.61 Å². The molecule has 1 aliphatic rings. The van der Waals surface area contributed by atoms with Crippen LogP contribution >= 0.6 is 24.0 Å². The molecular formula is C20H17NO2S2. The van der Waals surface area contributed by atoms with Crippen LogP contribution in [0.15, 0.2) is 72.2 Å². The number of benzene rings is 2. The molecule has 1 fully saturated rings. The standard InChI is InChI=1S/C20H17NO2S2/c1-2-12-21-19(22)18(25-20(21)24)13-15-8-10-17(11-9-15)23-14-16-6-4-3-5-7-16/h2-11,13H,1,12,14H2/b18-13+. The average molecular weight is 367 g/mol. The first-order chi connectivity index (χ1) is 12.2. The Morgan fingerprint density at radius 3 is 2.52 bits per heavy atom. The fourth-order valence-electron chi connectivity index (χ4n) is 2.34. The summed E-state index contributed by atoms with van der Waals surface area (Å²) >= 11 is 6.56. The second-order valence-corrected chi connectivity index (χ2v) is 7.10. The van der Waals surface area contributed by atoms with E-state index in [0.29, 0.717) is 22.4 Å². The van der Waals surface area contributed by atoms with Crippen molar-refractivity contribution < 1.29 is 9.53 Å². The number of amides is 1. The van der Waals surface area contributed by atoms with Crippen LogP contribution in [0.5, 0.6) is 5.75 Å². The van der Waals surface area contributed by atoms with Gasteiger partial charge < -0.3 is 4.74 Å². The molecule has 1 aliphatic heterocycles. The summed E-state index contributed by atoms with van der Waals surface area (Å²) in [5, 5.41) is 0. The molecule has 1 amide bonds. The fraction of sp³-hybridized carbons (Fsp3) is 0.100. The van der Waals surface area contributed by atoms with Gasteiger partial charge in [0, 0.05) is 6.54 Å². The maximum absolute atomic E-state index is 12.3. The maximum Gasteiger partial charge on any atom is 0.266 e. The summed E-state index contributed by atoms with van der Waals surface area (Å²) in [6, 6.07) is 17.7. The first kappa shape index (κ1) is 17.5.